The molecule has 1 saturated heterocycles. The summed E-state index contributed by atoms with van der Waals surface area (Å²) in [6, 6.07) is 0.910. The Kier molecular flexibility index (Phi) is 1.80. The van der Waals surface area contributed by atoms with E-state index in [1.807, 2.05) is 13.8 Å². The van der Waals surface area contributed by atoms with Crippen LogP contribution in [0.15, 0.2) is 0 Å². The van der Waals surface area contributed by atoms with Crippen molar-refractivity contribution in [2.75, 3.05) is 6.54 Å². The van der Waals surface area contributed by atoms with Gasteiger partial charge in [0.25, 0.3) is 0 Å². The molecule has 1 aliphatic carbocycles. The molecule has 1 saturated carbocycles. The summed E-state index contributed by atoms with van der Waals surface area (Å²) in [5.74, 6) is 0. The van der Waals surface area contributed by atoms with Gasteiger partial charge in [-0.1, -0.05) is 20.8 Å². The molecule has 2 aliphatic rings. The molecule has 2 rings (SSSR count). The molecule has 2 fully saturated rings. The fraction of sp³-hybridized carbons (Fsp3) is 1.00. The van der Waals surface area contributed by atoms with Gasteiger partial charge in [0.15, 0.2) is 0 Å². The highest BCUT2D eigenvalue weighted by molar-refractivity contribution is 5.09. The minimum atomic E-state index is 0.750. The maximum atomic E-state index is 3.43. The quantitative estimate of drug-likeness (QED) is 0.523. The summed E-state index contributed by atoms with van der Waals surface area (Å²) >= 11 is 0. The molecule has 1 heteroatoms. The first-order chi connectivity index (χ1) is 4.31. The number of hydrogen-bond donors (Lipinski definition) is 1. The van der Waals surface area contributed by atoms with Gasteiger partial charge in [0.2, 0.25) is 0 Å². The van der Waals surface area contributed by atoms with Gasteiger partial charge in [-0.25, -0.2) is 0 Å². The highest BCUT2D eigenvalue weighted by Crippen LogP contribution is 2.51. The summed E-state index contributed by atoms with van der Waals surface area (Å²) in [5.41, 5.74) is 0.750. The fourth-order valence-electron chi connectivity index (χ4n) is 1.53. The van der Waals surface area contributed by atoms with Crippen LogP contribution < -0.4 is 5.32 Å². The predicted molar refractivity (Wildman–Crippen MR) is 40.5 cm³/mol. The first-order valence-electron chi connectivity index (χ1n) is 4.05. The van der Waals surface area contributed by atoms with E-state index >= 15 is 0 Å². The van der Waals surface area contributed by atoms with Gasteiger partial charge in [0, 0.05) is 6.04 Å². The van der Waals surface area contributed by atoms with E-state index in [4.69, 9.17) is 0 Å². The summed E-state index contributed by atoms with van der Waals surface area (Å²) in [4.78, 5) is 0. The Morgan fingerprint density at radius 2 is 2.11 bits per heavy atom. The van der Waals surface area contributed by atoms with Gasteiger partial charge in [0.05, 0.1) is 0 Å². The van der Waals surface area contributed by atoms with Crippen molar-refractivity contribution >= 4 is 0 Å². The summed E-state index contributed by atoms with van der Waals surface area (Å²) in [7, 11) is 0. The van der Waals surface area contributed by atoms with Gasteiger partial charge in [-0.15, -0.1) is 0 Å². The maximum Gasteiger partial charge on any atom is 0.0128 e. The standard InChI is InChI=1S/C6H11N.C2H6/c1-6-2-3-7-5(6)4-6;1-2/h5,7H,2-4H2,1H3;1-2H3. The van der Waals surface area contributed by atoms with E-state index in [1.54, 1.807) is 0 Å². The van der Waals surface area contributed by atoms with E-state index in [0.29, 0.717) is 0 Å². The van der Waals surface area contributed by atoms with Gasteiger partial charge < -0.3 is 5.32 Å². The molecule has 1 nitrogen and oxygen atoms in total. The molecule has 0 aromatic rings. The number of piperidine rings is 1. The minimum absolute atomic E-state index is 0.750. The lowest BCUT2D eigenvalue weighted by atomic mass is 10.1. The highest BCUT2D eigenvalue weighted by atomic mass is 15.0. The summed E-state index contributed by atoms with van der Waals surface area (Å²) in [6.07, 6.45) is 2.85. The molecule has 1 heterocycles. The molecular formula is C8H17N. The van der Waals surface area contributed by atoms with Crippen molar-refractivity contribution in [2.24, 2.45) is 5.41 Å². The van der Waals surface area contributed by atoms with Crippen LogP contribution >= 0.6 is 0 Å². The molecule has 0 spiro atoms. The van der Waals surface area contributed by atoms with Crippen LogP contribution in [0.2, 0.25) is 0 Å². The lowest BCUT2D eigenvalue weighted by Gasteiger charge is -1.95. The van der Waals surface area contributed by atoms with E-state index < -0.39 is 0 Å². The third-order valence-electron chi connectivity index (χ3n) is 2.44. The van der Waals surface area contributed by atoms with Crippen LogP contribution in [-0.2, 0) is 0 Å². The van der Waals surface area contributed by atoms with Crippen molar-refractivity contribution in [3.63, 3.8) is 0 Å². The molecule has 1 N–H and O–H groups in total. The fourth-order valence-corrected chi connectivity index (χ4v) is 1.53. The van der Waals surface area contributed by atoms with Crippen molar-refractivity contribution < 1.29 is 0 Å². The zero-order chi connectivity index (χ0) is 6.91. The number of rotatable bonds is 0. The third-order valence-corrected chi connectivity index (χ3v) is 2.44. The lowest BCUT2D eigenvalue weighted by Crippen LogP contribution is -2.10. The van der Waals surface area contributed by atoms with Gasteiger partial charge >= 0.3 is 0 Å². The summed E-state index contributed by atoms with van der Waals surface area (Å²) < 4.78 is 0. The van der Waals surface area contributed by atoms with Crippen LogP contribution in [-0.4, -0.2) is 12.6 Å². The molecule has 0 amide bonds. The molecule has 2 unspecified atom stereocenters. The van der Waals surface area contributed by atoms with Crippen LogP contribution in [0.3, 0.4) is 0 Å². The molecule has 0 aromatic carbocycles. The zero-order valence-electron chi connectivity index (χ0n) is 6.70. The Hall–Kier alpha value is -0.0400. The Morgan fingerprint density at radius 3 is 2.22 bits per heavy atom. The Morgan fingerprint density at radius 1 is 1.44 bits per heavy atom. The smallest absolute Gasteiger partial charge is 0.0128 e. The SMILES string of the molecule is CC.CC12CCNC1C2. The normalized spacial score (nSPS) is 45.0. The minimum Gasteiger partial charge on any atom is -0.313 e. The topological polar surface area (TPSA) is 12.0 Å². The molecular weight excluding hydrogens is 110 g/mol. The number of hydrogen-bond acceptors (Lipinski definition) is 1. The van der Waals surface area contributed by atoms with Gasteiger partial charge in [0.1, 0.15) is 0 Å². The van der Waals surface area contributed by atoms with Gasteiger partial charge in [-0.2, -0.15) is 0 Å². The average molecular weight is 127 g/mol. The summed E-state index contributed by atoms with van der Waals surface area (Å²) in [5, 5.41) is 3.43. The van der Waals surface area contributed by atoms with E-state index in [9.17, 15) is 0 Å². The number of nitrogens with one attached hydrogen (secondary N) is 1. The van der Waals surface area contributed by atoms with Crippen molar-refractivity contribution in [3.05, 3.63) is 0 Å². The highest BCUT2D eigenvalue weighted by Gasteiger charge is 2.52. The Balaban J connectivity index is 0.000000186. The van der Waals surface area contributed by atoms with E-state index in [-0.39, 0.29) is 0 Å². The molecule has 54 valence electrons. The maximum absolute atomic E-state index is 3.43. The molecule has 2 atom stereocenters. The largest absolute Gasteiger partial charge is 0.313 e. The van der Waals surface area contributed by atoms with E-state index in [0.717, 1.165) is 11.5 Å². The van der Waals surface area contributed by atoms with Crippen LogP contribution in [0.25, 0.3) is 0 Å². The summed E-state index contributed by atoms with van der Waals surface area (Å²) in [6.45, 7) is 7.64. The Labute approximate surface area is 57.8 Å². The predicted octanol–water partition coefficient (Wildman–Crippen LogP) is 1.78. The van der Waals surface area contributed by atoms with E-state index in [2.05, 4.69) is 12.2 Å². The van der Waals surface area contributed by atoms with Crippen molar-refractivity contribution in [1.29, 1.82) is 0 Å². The van der Waals surface area contributed by atoms with E-state index in [1.165, 1.54) is 19.4 Å². The lowest BCUT2D eigenvalue weighted by molar-refractivity contribution is 0.575. The second-order valence-corrected chi connectivity index (χ2v) is 3.11. The second kappa shape index (κ2) is 2.30. The van der Waals surface area contributed by atoms with Crippen molar-refractivity contribution in [2.45, 2.75) is 39.7 Å². The first kappa shape index (κ1) is 7.07. The van der Waals surface area contributed by atoms with Crippen molar-refractivity contribution in [1.82, 2.24) is 5.32 Å². The van der Waals surface area contributed by atoms with Crippen molar-refractivity contribution in [3.8, 4) is 0 Å². The third kappa shape index (κ3) is 1.11. The van der Waals surface area contributed by atoms with Crippen LogP contribution in [0.1, 0.15) is 33.6 Å². The average Bonchev–Trinajstić information content (AvgIpc) is 2.38. The molecule has 0 radical (unpaired) electrons. The Bertz CT molecular complexity index is 98.7. The van der Waals surface area contributed by atoms with Crippen LogP contribution in [0.5, 0.6) is 0 Å². The second-order valence-electron chi connectivity index (χ2n) is 3.11. The van der Waals surface area contributed by atoms with Crippen LogP contribution in [0, 0.1) is 5.41 Å². The number of fused-ring (bicyclic) bond motifs is 1. The zero-order valence-corrected chi connectivity index (χ0v) is 6.70. The molecule has 0 bridgehead atoms. The monoisotopic (exact) mass is 127 g/mol. The van der Waals surface area contributed by atoms with Gasteiger partial charge in [-0.3, -0.25) is 0 Å². The molecule has 0 aromatic heterocycles. The van der Waals surface area contributed by atoms with Crippen LogP contribution in [0.4, 0.5) is 0 Å². The van der Waals surface area contributed by atoms with Gasteiger partial charge in [-0.05, 0) is 24.8 Å². The molecule has 9 heavy (non-hydrogen) atoms. The first-order valence-corrected chi connectivity index (χ1v) is 4.05. The molecule has 1 aliphatic heterocycles.